The number of amides is 4. The lowest BCUT2D eigenvalue weighted by Gasteiger charge is -2.51. The number of hydrazine groups is 1. The SMILES string of the molecule is C=Cc1ccc(N2C(=O)C3CC=C4C(CC5C(=O)N(Nc6ccc(C)cc6)C(=O)C5(c5ccccc5)C4c4c(OC)cc(O)cc4OC)C3C2=O)cc1. The molecular formula is C43H39N3O7. The average molecular weight is 710 g/mol. The molecule has 1 saturated carbocycles. The molecule has 0 radical (unpaired) electrons. The molecule has 0 bridgehead atoms. The summed E-state index contributed by atoms with van der Waals surface area (Å²) in [6.07, 6.45) is 4.06. The number of hydrogen-bond acceptors (Lipinski definition) is 8. The monoisotopic (exact) mass is 709 g/mol. The Balaban J connectivity index is 1.35. The van der Waals surface area contributed by atoms with Gasteiger partial charge in [-0.1, -0.05) is 84.5 Å². The van der Waals surface area contributed by atoms with E-state index in [9.17, 15) is 19.5 Å². The minimum atomic E-state index is -1.53. The maximum absolute atomic E-state index is 15.4. The van der Waals surface area contributed by atoms with E-state index < -0.39 is 46.8 Å². The molecule has 2 N–H and O–H groups in total. The van der Waals surface area contributed by atoms with E-state index in [0.29, 0.717) is 22.5 Å². The van der Waals surface area contributed by atoms with E-state index in [0.717, 1.165) is 21.7 Å². The van der Waals surface area contributed by atoms with Gasteiger partial charge >= 0.3 is 0 Å². The number of nitrogens with one attached hydrogen (secondary N) is 1. The first-order chi connectivity index (χ1) is 25.6. The number of rotatable bonds is 8. The van der Waals surface area contributed by atoms with Crippen LogP contribution in [0.5, 0.6) is 17.2 Å². The number of methoxy groups -OCH3 is 2. The molecule has 8 rings (SSSR count). The number of benzene rings is 4. The van der Waals surface area contributed by atoms with E-state index >= 15 is 4.79 Å². The molecule has 2 saturated heterocycles. The molecule has 0 spiro atoms. The van der Waals surface area contributed by atoms with Crippen molar-refractivity contribution in [2.24, 2.45) is 23.7 Å². The van der Waals surface area contributed by atoms with Crippen LogP contribution in [-0.4, -0.2) is 48.0 Å². The van der Waals surface area contributed by atoms with Crippen molar-refractivity contribution in [1.29, 1.82) is 0 Å². The molecule has 2 aliphatic heterocycles. The molecule has 4 aromatic rings. The predicted molar refractivity (Wildman–Crippen MR) is 199 cm³/mol. The fraction of sp³-hybridized carbons (Fsp3) is 0.256. The molecule has 10 heteroatoms. The Morgan fingerprint density at radius 2 is 1.51 bits per heavy atom. The zero-order chi connectivity index (χ0) is 37.2. The number of aryl methyl sites for hydroxylation is 1. The van der Waals surface area contributed by atoms with E-state index in [1.807, 2.05) is 67.6 Å². The summed E-state index contributed by atoms with van der Waals surface area (Å²) < 4.78 is 11.8. The highest BCUT2D eigenvalue weighted by Gasteiger charge is 2.71. The van der Waals surface area contributed by atoms with E-state index in [4.69, 9.17) is 9.47 Å². The molecule has 4 aliphatic rings. The van der Waals surface area contributed by atoms with Crippen molar-refractivity contribution in [2.45, 2.75) is 31.1 Å². The zero-order valence-corrected chi connectivity index (χ0v) is 29.6. The second kappa shape index (κ2) is 12.8. The number of hydrogen-bond donors (Lipinski definition) is 2. The quantitative estimate of drug-likeness (QED) is 0.156. The highest BCUT2D eigenvalue weighted by atomic mass is 16.5. The van der Waals surface area contributed by atoms with E-state index in [1.165, 1.54) is 31.3 Å². The highest BCUT2D eigenvalue weighted by Crippen LogP contribution is 2.66. The van der Waals surface area contributed by atoms with Crippen LogP contribution in [0.15, 0.2) is 109 Å². The van der Waals surface area contributed by atoms with Gasteiger partial charge in [0.25, 0.3) is 11.8 Å². The lowest BCUT2D eigenvalue weighted by molar-refractivity contribution is -0.138. The lowest BCUT2D eigenvalue weighted by atomic mass is 9.49. The van der Waals surface area contributed by atoms with Gasteiger partial charge in [0.15, 0.2) is 0 Å². The smallest absolute Gasteiger partial charge is 0.260 e. The van der Waals surface area contributed by atoms with E-state index in [1.54, 1.807) is 30.3 Å². The highest BCUT2D eigenvalue weighted by molar-refractivity contribution is 6.22. The van der Waals surface area contributed by atoms with Gasteiger partial charge in [-0.3, -0.25) is 29.5 Å². The number of anilines is 2. The maximum atomic E-state index is 15.4. The fourth-order valence-electron chi connectivity index (χ4n) is 9.28. The lowest BCUT2D eigenvalue weighted by Crippen LogP contribution is -2.53. The predicted octanol–water partition coefficient (Wildman–Crippen LogP) is 6.55. The van der Waals surface area contributed by atoms with E-state index in [-0.39, 0.29) is 41.9 Å². The first kappa shape index (κ1) is 34.0. The molecule has 2 heterocycles. The number of nitrogens with zero attached hydrogens (tertiary/aromatic N) is 2. The van der Waals surface area contributed by atoms with Gasteiger partial charge in [-0.05, 0) is 61.1 Å². The van der Waals surface area contributed by atoms with Crippen LogP contribution in [0.2, 0.25) is 0 Å². The van der Waals surface area contributed by atoms with Crippen molar-refractivity contribution >= 4 is 41.1 Å². The van der Waals surface area contributed by atoms with Gasteiger partial charge in [0.2, 0.25) is 11.8 Å². The van der Waals surface area contributed by atoms with Crippen LogP contribution in [0.4, 0.5) is 11.4 Å². The molecule has 6 atom stereocenters. The second-order valence-corrected chi connectivity index (χ2v) is 14.2. The summed E-state index contributed by atoms with van der Waals surface area (Å²) in [7, 11) is 2.94. The van der Waals surface area contributed by atoms with Crippen LogP contribution in [0.1, 0.15) is 41.0 Å². The summed E-state index contributed by atoms with van der Waals surface area (Å²) in [5.74, 6) is -5.04. The molecule has 10 nitrogen and oxygen atoms in total. The largest absolute Gasteiger partial charge is 0.508 e. The summed E-state index contributed by atoms with van der Waals surface area (Å²) in [5, 5.41) is 11.9. The van der Waals surface area contributed by atoms with Crippen LogP contribution in [0.3, 0.4) is 0 Å². The summed E-state index contributed by atoms with van der Waals surface area (Å²) in [5.41, 5.74) is 6.29. The van der Waals surface area contributed by atoms with Crippen LogP contribution in [0, 0.1) is 30.6 Å². The Bertz CT molecular complexity index is 2170. The van der Waals surface area contributed by atoms with Gasteiger partial charge < -0.3 is 14.6 Å². The summed E-state index contributed by atoms with van der Waals surface area (Å²) in [4.78, 5) is 60.4. The standard InChI is InChI=1S/C43H39N3O7/c1-5-25-13-17-28(18-14-25)45-39(48)31-20-19-30-32(36(31)41(45)50)23-33-40(49)46(44-27-15-11-24(2)12-16-27)42(51)43(33,26-9-7-6-8-10-26)38(30)37-34(52-3)21-29(47)22-35(37)53-4/h5-19,21-22,31-33,36,38,44,47H,1,20,23H2,2-4H3. The topological polar surface area (TPSA) is 125 Å². The van der Waals surface area contributed by atoms with Crippen LogP contribution < -0.4 is 19.8 Å². The Morgan fingerprint density at radius 1 is 0.849 bits per heavy atom. The molecule has 6 unspecified atom stereocenters. The van der Waals surface area contributed by atoms with Crippen molar-refractivity contribution in [3.05, 3.63) is 131 Å². The zero-order valence-electron chi connectivity index (χ0n) is 29.6. The average Bonchev–Trinajstić information content (AvgIpc) is 3.56. The second-order valence-electron chi connectivity index (χ2n) is 14.2. The van der Waals surface area contributed by atoms with Gasteiger partial charge in [-0.25, -0.2) is 0 Å². The third-order valence-electron chi connectivity index (χ3n) is 11.6. The van der Waals surface area contributed by atoms with Crippen molar-refractivity contribution in [3.63, 3.8) is 0 Å². The molecular weight excluding hydrogens is 670 g/mol. The number of fused-ring (bicyclic) bond motifs is 4. The minimum absolute atomic E-state index is 0.107. The number of imide groups is 2. The van der Waals surface area contributed by atoms with Gasteiger partial charge in [-0.15, -0.1) is 0 Å². The molecule has 268 valence electrons. The number of phenolic OH excluding ortho intramolecular Hbond substituents is 1. The van der Waals surface area contributed by atoms with Gasteiger partial charge in [0.1, 0.15) is 17.2 Å². The van der Waals surface area contributed by atoms with Gasteiger partial charge in [-0.2, -0.15) is 5.01 Å². The Labute approximate surface area is 307 Å². The number of carbonyl (C=O) groups is 4. The Kier molecular flexibility index (Phi) is 8.20. The molecule has 3 fully saturated rings. The normalized spacial score (nSPS) is 26.1. The van der Waals surface area contributed by atoms with E-state index in [2.05, 4.69) is 12.0 Å². The molecule has 4 aromatic carbocycles. The Morgan fingerprint density at radius 3 is 2.13 bits per heavy atom. The van der Waals surface area contributed by atoms with Crippen LogP contribution >= 0.6 is 0 Å². The Hall–Kier alpha value is -6.16. The van der Waals surface area contributed by atoms with Gasteiger partial charge in [0, 0.05) is 23.6 Å². The van der Waals surface area contributed by atoms with Crippen molar-refractivity contribution in [1.82, 2.24) is 5.01 Å². The fourth-order valence-corrected chi connectivity index (χ4v) is 9.28. The molecule has 2 aliphatic carbocycles. The first-order valence-corrected chi connectivity index (χ1v) is 17.7. The first-order valence-electron chi connectivity index (χ1n) is 17.7. The third kappa shape index (κ3) is 4.99. The summed E-state index contributed by atoms with van der Waals surface area (Å²) in [6, 6.07) is 26.6. The molecule has 4 amide bonds. The van der Waals surface area contributed by atoms with Crippen LogP contribution in [-0.2, 0) is 24.6 Å². The third-order valence-corrected chi connectivity index (χ3v) is 11.6. The minimum Gasteiger partial charge on any atom is -0.508 e. The molecule has 53 heavy (non-hydrogen) atoms. The maximum Gasteiger partial charge on any atom is 0.260 e. The summed E-state index contributed by atoms with van der Waals surface area (Å²) in [6.45, 7) is 5.76. The number of carbonyl (C=O) groups excluding carboxylic acids is 4. The number of phenols is 1. The van der Waals surface area contributed by atoms with Crippen molar-refractivity contribution in [3.8, 4) is 17.2 Å². The number of ether oxygens (including phenoxy) is 2. The summed E-state index contributed by atoms with van der Waals surface area (Å²) >= 11 is 0. The van der Waals surface area contributed by atoms with Crippen molar-refractivity contribution in [2.75, 3.05) is 24.5 Å². The van der Waals surface area contributed by atoms with Crippen LogP contribution in [0.25, 0.3) is 6.08 Å². The van der Waals surface area contributed by atoms with Crippen molar-refractivity contribution < 1.29 is 33.8 Å². The molecule has 0 aromatic heterocycles. The number of aromatic hydroxyl groups is 1. The number of allylic oxidation sites excluding steroid dienone is 2. The van der Waals surface area contributed by atoms with Gasteiger partial charge in [0.05, 0.1) is 48.8 Å².